The third kappa shape index (κ3) is 3.11. The Hall–Kier alpha value is -2.20. The SMILES string of the molecule is Cc1ccnc(Nc2nc(-c3ccc(C)c(C)c3)cs2)c1. The Morgan fingerprint density at radius 3 is 2.62 bits per heavy atom. The number of aromatic nitrogens is 2. The molecule has 0 radical (unpaired) electrons. The minimum absolute atomic E-state index is 0.830. The lowest BCUT2D eigenvalue weighted by Crippen LogP contribution is -1.93. The van der Waals surface area contributed by atoms with E-state index in [0.717, 1.165) is 22.2 Å². The molecule has 1 aromatic carbocycles. The summed E-state index contributed by atoms with van der Waals surface area (Å²) in [4.78, 5) is 8.94. The molecule has 0 aliphatic rings. The van der Waals surface area contributed by atoms with Crippen LogP contribution < -0.4 is 5.32 Å². The van der Waals surface area contributed by atoms with Crippen LogP contribution in [0, 0.1) is 20.8 Å². The van der Waals surface area contributed by atoms with Gasteiger partial charge < -0.3 is 5.32 Å². The summed E-state index contributed by atoms with van der Waals surface area (Å²) in [5.74, 6) is 0.830. The van der Waals surface area contributed by atoms with Gasteiger partial charge in [-0.1, -0.05) is 12.1 Å². The van der Waals surface area contributed by atoms with Gasteiger partial charge in [0.25, 0.3) is 0 Å². The Kier molecular flexibility index (Phi) is 3.71. The van der Waals surface area contributed by atoms with Gasteiger partial charge in [0.15, 0.2) is 5.13 Å². The number of benzene rings is 1. The van der Waals surface area contributed by atoms with Crippen LogP contribution in [0.3, 0.4) is 0 Å². The Balaban J connectivity index is 1.84. The number of anilines is 2. The van der Waals surface area contributed by atoms with Crippen LogP contribution in [0.4, 0.5) is 10.9 Å². The molecule has 2 heterocycles. The first-order chi connectivity index (χ1) is 10.1. The van der Waals surface area contributed by atoms with Crippen molar-refractivity contribution in [1.82, 2.24) is 9.97 Å². The zero-order valence-corrected chi connectivity index (χ0v) is 13.2. The lowest BCUT2D eigenvalue weighted by Gasteiger charge is -2.03. The highest BCUT2D eigenvalue weighted by Gasteiger charge is 2.06. The Labute approximate surface area is 128 Å². The monoisotopic (exact) mass is 295 g/mol. The van der Waals surface area contributed by atoms with Crippen LogP contribution in [0.15, 0.2) is 41.9 Å². The highest BCUT2D eigenvalue weighted by atomic mass is 32.1. The van der Waals surface area contributed by atoms with Gasteiger partial charge in [-0.3, -0.25) is 0 Å². The van der Waals surface area contributed by atoms with Crippen molar-refractivity contribution in [3.05, 3.63) is 58.6 Å². The van der Waals surface area contributed by atoms with E-state index in [2.05, 4.69) is 59.6 Å². The van der Waals surface area contributed by atoms with Crippen molar-refractivity contribution < 1.29 is 0 Å². The van der Waals surface area contributed by atoms with Gasteiger partial charge in [-0.15, -0.1) is 11.3 Å². The average Bonchev–Trinajstić information content (AvgIpc) is 2.90. The first-order valence-electron chi connectivity index (χ1n) is 6.84. The van der Waals surface area contributed by atoms with Crippen LogP contribution in [0.1, 0.15) is 16.7 Å². The van der Waals surface area contributed by atoms with E-state index in [9.17, 15) is 0 Å². The van der Waals surface area contributed by atoms with Crippen molar-refractivity contribution in [3.8, 4) is 11.3 Å². The zero-order valence-electron chi connectivity index (χ0n) is 12.3. The zero-order chi connectivity index (χ0) is 14.8. The van der Waals surface area contributed by atoms with Gasteiger partial charge in [-0.25, -0.2) is 9.97 Å². The Morgan fingerprint density at radius 1 is 1.00 bits per heavy atom. The number of pyridine rings is 1. The molecule has 4 heteroatoms. The first-order valence-corrected chi connectivity index (χ1v) is 7.72. The van der Waals surface area contributed by atoms with Gasteiger partial charge >= 0.3 is 0 Å². The van der Waals surface area contributed by atoms with Gasteiger partial charge in [-0.2, -0.15) is 0 Å². The predicted octanol–water partition coefficient (Wildman–Crippen LogP) is 4.87. The molecule has 0 aliphatic carbocycles. The molecule has 0 fully saturated rings. The van der Waals surface area contributed by atoms with E-state index < -0.39 is 0 Å². The fraction of sp³-hybridized carbons (Fsp3) is 0.176. The van der Waals surface area contributed by atoms with Crippen LogP contribution in [-0.2, 0) is 0 Å². The number of hydrogen-bond donors (Lipinski definition) is 1. The normalized spacial score (nSPS) is 10.6. The molecule has 0 unspecified atom stereocenters. The first kappa shape index (κ1) is 13.8. The average molecular weight is 295 g/mol. The molecule has 106 valence electrons. The van der Waals surface area contributed by atoms with E-state index in [-0.39, 0.29) is 0 Å². The summed E-state index contributed by atoms with van der Waals surface area (Å²) in [6.07, 6.45) is 1.80. The summed E-state index contributed by atoms with van der Waals surface area (Å²) < 4.78 is 0. The van der Waals surface area contributed by atoms with Crippen molar-refractivity contribution >= 4 is 22.3 Å². The maximum absolute atomic E-state index is 4.64. The summed E-state index contributed by atoms with van der Waals surface area (Å²) in [7, 11) is 0. The van der Waals surface area contributed by atoms with Crippen LogP contribution in [-0.4, -0.2) is 9.97 Å². The van der Waals surface area contributed by atoms with Gasteiger partial charge in [0.05, 0.1) is 5.69 Å². The fourth-order valence-electron chi connectivity index (χ4n) is 2.08. The van der Waals surface area contributed by atoms with Crippen molar-refractivity contribution in [2.24, 2.45) is 0 Å². The van der Waals surface area contributed by atoms with E-state index in [4.69, 9.17) is 0 Å². The molecule has 0 saturated carbocycles. The molecule has 0 bridgehead atoms. The van der Waals surface area contributed by atoms with Crippen LogP contribution in [0.25, 0.3) is 11.3 Å². The third-order valence-electron chi connectivity index (χ3n) is 3.46. The second kappa shape index (κ2) is 5.66. The van der Waals surface area contributed by atoms with Crippen LogP contribution in [0.2, 0.25) is 0 Å². The molecule has 3 aromatic rings. The van der Waals surface area contributed by atoms with E-state index in [1.54, 1.807) is 17.5 Å². The second-order valence-electron chi connectivity index (χ2n) is 5.18. The van der Waals surface area contributed by atoms with Crippen LogP contribution in [0.5, 0.6) is 0 Å². The van der Waals surface area contributed by atoms with Crippen molar-refractivity contribution in [2.75, 3.05) is 5.32 Å². The van der Waals surface area contributed by atoms with Gasteiger partial charge in [-0.05, 0) is 55.7 Å². The minimum atomic E-state index is 0.830. The van der Waals surface area contributed by atoms with Crippen molar-refractivity contribution in [1.29, 1.82) is 0 Å². The molecule has 0 atom stereocenters. The van der Waals surface area contributed by atoms with Crippen LogP contribution >= 0.6 is 11.3 Å². The van der Waals surface area contributed by atoms with Crippen molar-refractivity contribution in [2.45, 2.75) is 20.8 Å². The molecule has 0 saturated heterocycles. The predicted molar refractivity (Wildman–Crippen MR) is 89.3 cm³/mol. The number of rotatable bonds is 3. The van der Waals surface area contributed by atoms with Gasteiger partial charge in [0.1, 0.15) is 5.82 Å². The standard InChI is InChI=1S/C17H17N3S/c1-11-6-7-18-16(8-11)20-17-19-15(10-21-17)14-5-4-12(2)13(3)9-14/h4-10H,1-3H3,(H,18,19,20). The highest BCUT2D eigenvalue weighted by Crippen LogP contribution is 2.27. The van der Waals surface area contributed by atoms with E-state index in [1.807, 2.05) is 12.1 Å². The lowest BCUT2D eigenvalue weighted by molar-refractivity contribution is 1.26. The topological polar surface area (TPSA) is 37.8 Å². The summed E-state index contributed by atoms with van der Waals surface area (Å²) in [5, 5.41) is 6.19. The third-order valence-corrected chi connectivity index (χ3v) is 4.22. The number of hydrogen-bond acceptors (Lipinski definition) is 4. The maximum Gasteiger partial charge on any atom is 0.188 e. The molecule has 21 heavy (non-hydrogen) atoms. The number of aryl methyl sites for hydroxylation is 3. The number of nitrogens with zero attached hydrogens (tertiary/aromatic N) is 2. The van der Waals surface area contributed by atoms with Gasteiger partial charge in [0, 0.05) is 17.1 Å². The Bertz CT molecular complexity index is 777. The summed E-state index contributed by atoms with van der Waals surface area (Å²) in [6.45, 7) is 6.30. The molecule has 3 rings (SSSR count). The fourth-order valence-corrected chi connectivity index (χ4v) is 2.81. The maximum atomic E-state index is 4.64. The molecular weight excluding hydrogens is 278 g/mol. The quantitative estimate of drug-likeness (QED) is 0.748. The molecule has 0 amide bonds. The molecular formula is C17H17N3S. The van der Waals surface area contributed by atoms with E-state index in [1.165, 1.54) is 16.7 Å². The summed E-state index contributed by atoms with van der Waals surface area (Å²) in [6, 6.07) is 10.4. The molecule has 2 aromatic heterocycles. The molecule has 0 aliphatic heterocycles. The molecule has 1 N–H and O–H groups in total. The lowest BCUT2D eigenvalue weighted by atomic mass is 10.1. The molecule has 0 spiro atoms. The second-order valence-corrected chi connectivity index (χ2v) is 6.04. The largest absolute Gasteiger partial charge is 0.316 e. The molecule has 3 nitrogen and oxygen atoms in total. The van der Waals surface area contributed by atoms with Crippen molar-refractivity contribution in [3.63, 3.8) is 0 Å². The summed E-state index contributed by atoms with van der Waals surface area (Å²) in [5.41, 5.74) is 5.92. The summed E-state index contributed by atoms with van der Waals surface area (Å²) >= 11 is 1.59. The Morgan fingerprint density at radius 2 is 1.86 bits per heavy atom. The van der Waals surface area contributed by atoms with E-state index in [0.29, 0.717) is 0 Å². The number of thiazole rings is 1. The van der Waals surface area contributed by atoms with E-state index >= 15 is 0 Å². The minimum Gasteiger partial charge on any atom is -0.316 e. The highest BCUT2D eigenvalue weighted by molar-refractivity contribution is 7.14. The van der Waals surface area contributed by atoms with Gasteiger partial charge in [0.2, 0.25) is 0 Å². The smallest absolute Gasteiger partial charge is 0.188 e. The number of nitrogens with one attached hydrogen (secondary N) is 1.